The summed E-state index contributed by atoms with van der Waals surface area (Å²) in [5.74, 6) is -1.03. The average molecular weight is 556 g/mol. The van der Waals surface area contributed by atoms with Crippen LogP contribution in [0, 0.1) is 11.8 Å². The van der Waals surface area contributed by atoms with E-state index in [-0.39, 0.29) is 29.8 Å². The van der Waals surface area contributed by atoms with Gasteiger partial charge in [0.05, 0.1) is 12.0 Å². The van der Waals surface area contributed by atoms with Crippen LogP contribution in [-0.2, 0) is 19.1 Å². The van der Waals surface area contributed by atoms with Crippen molar-refractivity contribution in [2.24, 2.45) is 11.8 Å². The van der Waals surface area contributed by atoms with Gasteiger partial charge in [0.15, 0.2) is 0 Å². The number of ether oxygens (including phenoxy) is 1. The molecule has 3 N–H and O–H groups in total. The van der Waals surface area contributed by atoms with Gasteiger partial charge < -0.3 is 25.6 Å². The van der Waals surface area contributed by atoms with E-state index in [1.165, 1.54) is 11.9 Å². The Balaban J connectivity index is 1.49. The summed E-state index contributed by atoms with van der Waals surface area (Å²) in [4.78, 5) is 56.6. The summed E-state index contributed by atoms with van der Waals surface area (Å²) in [6.07, 6.45) is 5.00. The molecular weight excluding hydrogens is 510 g/mol. The quantitative estimate of drug-likeness (QED) is 0.476. The number of likely N-dealkylation sites (N-methyl/N-ethyl adjacent to an activating group) is 1. The Morgan fingerprint density at radius 3 is 2.38 bits per heavy atom. The molecule has 10 heteroatoms. The SMILES string of the molecule is C[C@@H](C(=O)N[C@H](C(=O)N1CC[C@H]2NC[C@H](C(=O)Nc3ccccc3)[C@H]21)C1CCCCC1)N(C)C(=O)OC(C)(C)C. The van der Waals surface area contributed by atoms with Gasteiger partial charge in [0.25, 0.3) is 0 Å². The molecule has 0 spiro atoms. The molecule has 1 aromatic carbocycles. The van der Waals surface area contributed by atoms with Gasteiger partial charge in [-0.3, -0.25) is 19.3 Å². The Labute approximate surface area is 237 Å². The lowest BCUT2D eigenvalue weighted by Crippen LogP contribution is -2.58. The van der Waals surface area contributed by atoms with Crippen molar-refractivity contribution in [3.63, 3.8) is 0 Å². The fraction of sp³-hybridized carbons (Fsp3) is 0.667. The second-order valence-electron chi connectivity index (χ2n) is 12.4. The molecule has 0 bridgehead atoms. The number of carbonyl (C=O) groups excluding carboxylic acids is 4. The molecule has 4 amide bonds. The minimum absolute atomic E-state index is 0.00856. The highest BCUT2D eigenvalue weighted by atomic mass is 16.6. The van der Waals surface area contributed by atoms with Gasteiger partial charge in [-0.15, -0.1) is 0 Å². The number of fused-ring (bicyclic) bond motifs is 1. The highest BCUT2D eigenvalue weighted by Gasteiger charge is 2.50. The van der Waals surface area contributed by atoms with Crippen LogP contribution in [0.5, 0.6) is 0 Å². The molecule has 5 atom stereocenters. The number of nitrogens with one attached hydrogen (secondary N) is 3. The fourth-order valence-electron chi connectivity index (χ4n) is 6.17. The van der Waals surface area contributed by atoms with Crippen molar-refractivity contribution in [3.05, 3.63) is 30.3 Å². The zero-order chi connectivity index (χ0) is 29.0. The van der Waals surface area contributed by atoms with Crippen LogP contribution in [0.3, 0.4) is 0 Å². The van der Waals surface area contributed by atoms with E-state index >= 15 is 0 Å². The van der Waals surface area contributed by atoms with E-state index in [0.717, 1.165) is 44.2 Å². The first-order valence-electron chi connectivity index (χ1n) is 14.6. The third kappa shape index (κ3) is 6.95. The molecule has 2 saturated heterocycles. The lowest BCUT2D eigenvalue weighted by Gasteiger charge is -2.37. The standard InChI is InChI=1S/C30H45N5O5/c1-19(34(5)29(39)40-30(2,3)4)26(36)33-24(20-12-8-6-9-13-20)28(38)35-17-16-23-25(35)22(18-31-23)27(37)32-21-14-10-7-11-15-21/h7,10-11,14-15,19-20,22-25,31H,6,8-9,12-13,16-18H2,1-5H3,(H,32,37)(H,33,36)/t19-,22-,23+,24-,25+/m0/s1. The first-order chi connectivity index (χ1) is 19.0. The van der Waals surface area contributed by atoms with Crippen LogP contribution in [0.15, 0.2) is 30.3 Å². The van der Waals surface area contributed by atoms with E-state index in [0.29, 0.717) is 13.1 Å². The molecule has 1 saturated carbocycles. The molecule has 40 heavy (non-hydrogen) atoms. The number of para-hydroxylation sites is 1. The summed E-state index contributed by atoms with van der Waals surface area (Å²) in [6, 6.07) is 7.56. The van der Waals surface area contributed by atoms with Crippen LogP contribution in [0.1, 0.15) is 66.2 Å². The highest BCUT2D eigenvalue weighted by Crippen LogP contribution is 2.34. The van der Waals surface area contributed by atoms with Crippen molar-refractivity contribution in [1.82, 2.24) is 20.4 Å². The lowest BCUT2D eigenvalue weighted by atomic mass is 9.83. The van der Waals surface area contributed by atoms with Crippen molar-refractivity contribution in [2.75, 3.05) is 25.5 Å². The second-order valence-corrected chi connectivity index (χ2v) is 12.4. The molecule has 0 unspecified atom stereocenters. The number of likely N-dealkylation sites (tertiary alicyclic amines) is 1. The molecule has 3 aliphatic rings. The fourth-order valence-corrected chi connectivity index (χ4v) is 6.17. The molecule has 10 nitrogen and oxygen atoms in total. The second kappa shape index (κ2) is 12.6. The third-order valence-electron chi connectivity index (χ3n) is 8.45. The maximum Gasteiger partial charge on any atom is 0.410 e. The maximum absolute atomic E-state index is 14.2. The Hall–Kier alpha value is -3.14. The average Bonchev–Trinajstić information content (AvgIpc) is 3.53. The molecule has 2 aliphatic heterocycles. The maximum atomic E-state index is 14.2. The molecule has 2 heterocycles. The first kappa shape index (κ1) is 29.8. The predicted molar refractivity (Wildman–Crippen MR) is 152 cm³/mol. The van der Waals surface area contributed by atoms with Crippen molar-refractivity contribution in [2.45, 2.75) is 96.0 Å². The van der Waals surface area contributed by atoms with Gasteiger partial charge in [0, 0.05) is 31.9 Å². The number of amides is 4. The summed E-state index contributed by atoms with van der Waals surface area (Å²) in [7, 11) is 1.53. The van der Waals surface area contributed by atoms with Crippen LogP contribution >= 0.6 is 0 Å². The van der Waals surface area contributed by atoms with E-state index in [2.05, 4.69) is 16.0 Å². The summed E-state index contributed by atoms with van der Waals surface area (Å²) < 4.78 is 5.43. The van der Waals surface area contributed by atoms with E-state index in [4.69, 9.17) is 4.74 Å². The number of rotatable bonds is 7. The summed E-state index contributed by atoms with van der Waals surface area (Å²) in [5, 5.41) is 9.47. The molecule has 1 aliphatic carbocycles. The zero-order valence-corrected chi connectivity index (χ0v) is 24.4. The molecule has 3 fully saturated rings. The van der Waals surface area contributed by atoms with Gasteiger partial charge in [-0.05, 0) is 65.0 Å². The van der Waals surface area contributed by atoms with E-state index < -0.39 is 35.6 Å². The molecule has 4 rings (SSSR count). The molecule has 0 aromatic heterocycles. The topological polar surface area (TPSA) is 120 Å². The largest absolute Gasteiger partial charge is 0.444 e. The van der Waals surface area contributed by atoms with Gasteiger partial charge in [-0.25, -0.2) is 4.79 Å². The number of nitrogens with zero attached hydrogens (tertiary/aromatic N) is 2. The summed E-state index contributed by atoms with van der Waals surface area (Å²) >= 11 is 0. The summed E-state index contributed by atoms with van der Waals surface area (Å²) in [6.45, 7) is 7.98. The monoisotopic (exact) mass is 555 g/mol. The van der Waals surface area contributed by atoms with Crippen LogP contribution in [0.4, 0.5) is 10.5 Å². The number of hydrogen-bond donors (Lipinski definition) is 3. The van der Waals surface area contributed by atoms with E-state index in [1.807, 2.05) is 35.2 Å². The Morgan fingerprint density at radius 2 is 1.73 bits per heavy atom. The van der Waals surface area contributed by atoms with Gasteiger partial charge in [0.2, 0.25) is 17.7 Å². The van der Waals surface area contributed by atoms with Crippen molar-refractivity contribution < 1.29 is 23.9 Å². The van der Waals surface area contributed by atoms with Crippen molar-refractivity contribution in [1.29, 1.82) is 0 Å². The summed E-state index contributed by atoms with van der Waals surface area (Å²) in [5.41, 5.74) is 0.0369. The normalized spacial score (nSPS) is 24.5. The van der Waals surface area contributed by atoms with Crippen molar-refractivity contribution >= 4 is 29.5 Å². The molecule has 0 radical (unpaired) electrons. The van der Waals surface area contributed by atoms with Crippen molar-refractivity contribution in [3.8, 4) is 0 Å². The number of hydrogen-bond acceptors (Lipinski definition) is 6. The number of anilines is 1. The molecular formula is C30H45N5O5. The van der Waals surface area contributed by atoms with Crippen LogP contribution in [0.2, 0.25) is 0 Å². The Kier molecular flexibility index (Phi) is 9.38. The highest BCUT2D eigenvalue weighted by molar-refractivity contribution is 5.95. The van der Waals surface area contributed by atoms with Crippen LogP contribution in [-0.4, -0.2) is 83.5 Å². The number of benzene rings is 1. The Bertz CT molecular complexity index is 1070. The Morgan fingerprint density at radius 1 is 1.05 bits per heavy atom. The smallest absolute Gasteiger partial charge is 0.410 e. The van der Waals surface area contributed by atoms with Crippen LogP contribution in [0.25, 0.3) is 0 Å². The number of carbonyl (C=O) groups is 4. The minimum atomic E-state index is -0.822. The molecule has 220 valence electrons. The van der Waals surface area contributed by atoms with Gasteiger partial charge in [-0.1, -0.05) is 37.5 Å². The van der Waals surface area contributed by atoms with Gasteiger partial charge >= 0.3 is 6.09 Å². The molecule has 1 aromatic rings. The minimum Gasteiger partial charge on any atom is -0.444 e. The third-order valence-corrected chi connectivity index (χ3v) is 8.45. The van der Waals surface area contributed by atoms with Gasteiger partial charge in [-0.2, -0.15) is 0 Å². The van der Waals surface area contributed by atoms with E-state index in [9.17, 15) is 19.2 Å². The van der Waals surface area contributed by atoms with E-state index in [1.54, 1.807) is 27.7 Å². The first-order valence-corrected chi connectivity index (χ1v) is 14.6. The van der Waals surface area contributed by atoms with Crippen LogP contribution < -0.4 is 16.0 Å². The predicted octanol–water partition coefficient (Wildman–Crippen LogP) is 3.13. The van der Waals surface area contributed by atoms with Gasteiger partial charge in [0.1, 0.15) is 17.7 Å². The lowest BCUT2D eigenvalue weighted by molar-refractivity contribution is -0.141. The zero-order valence-electron chi connectivity index (χ0n) is 24.4.